The Morgan fingerprint density at radius 1 is 1.33 bits per heavy atom. The van der Waals surface area contributed by atoms with Gasteiger partial charge in [-0.25, -0.2) is 4.79 Å². The van der Waals surface area contributed by atoms with Gasteiger partial charge in [0.1, 0.15) is 0 Å². The molecule has 1 amide bonds. The normalized spacial score (nSPS) is 10.6. The average molecular weight is 294 g/mol. The number of methoxy groups -OCH3 is 1. The molecule has 0 aliphatic heterocycles. The van der Waals surface area contributed by atoms with Gasteiger partial charge in [0.15, 0.2) is 0 Å². The van der Waals surface area contributed by atoms with Crippen LogP contribution in [0.3, 0.4) is 0 Å². The van der Waals surface area contributed by atoms with Gasteiger partial charge in [-0.3, -0.25) is 9.69 Å². The number of carbonyl (C=O) groups is 2. The third kappa shape index (κ3) is 6.37. The molecule has 0 spiro atoms. The molecule has 21 heavy (non-hydrogen) atoms. The van der Waals surface area contributed by atoms with E-state index in [1.54, 1.807) is 25.3 Å². The van der Waals surface area contributed by atoms with Crippen LogP contribution in [0.1, 0.15) is 15.9 Å². The topological polar surface area (TPSA) is 78.9 Å². The second-order valence-electron chi connectivity index (χ2n) is 4.79. The van der Waals surface area contributed by atoms with Crippen LogP contribution in [0.25, 0.3) is 0 Å². The first-order valence-electron chi connectivity index (χ1n) is 6.80. The number of hydrogen-bond donors (Lipinski definition) is 2. The van der Waals surface area contributed by atoms with Crippen LogP contribution in [0.5, 0.6) is 0 Å². The van der Waals surface area contributed by atoms with E-state index in [1.807, 2.05) is 18.0 Å². The van der Waals surface area contributed by atoms with Crippen molar-refractivity contribution in [2.24, 2.45) is 0 Å². The van der Waals surface area contributed by atoms with Crippen LogP contribution in [0.2, 0.25) is 0 Å². The lowest BCUT2D eigenvalue weighted by Gasteiger charge is -2.16. The molecule has 0 aromatic heterocycles. The van der Waals surface area contributed by atoms with Crippen LogP contribution in [0.15, 0.2) is 24.3 Å². The van der Waals surface area contributed by atoms with Gasteiger partial charge in [-0.15, -0.1) is 0 Å². The van der Waals surface area contributed by atoms with Gasteiger partial charge in [-0.05, 0) is 25.1 Å². The fourth-order valence-electron chi connectivity index (χ4n) is 1.93. The quantitative estimate of drug-likeness (QED) is 0.653. The molecule has 1 aromatic carbocycles. The Balaban J connectivity index is 2.41. The number of amides is 1. The van der Waals surface area contributed by atoms with E-state index >= 15 is 0 Å². The van der Waals surface area contributed by atoms with Crippen molar-refractivity contribution in [3.05, 3.63) is 35.4 Å². The number of hydrogen-bond acceptors (Lipinski definition) is 4. The van der Waals surface area contributed by atoms with Gasteiger partial charge < -0.3 is 15.2 Å². The minimum atomic E-state index is -0.925. The Morgan fingerprint density at radius 2 is 2.05 bits per heavy atom. The first-order valence-corrected chi connectivity index (χ1v) is 6.80. The second kappa shape index (κ2) is 9.10. The first-order chi connectivity index (χ1) is 10.0. The van der Waals surface area contributed by atoms with E-state index in [9.17, 15) is 9.59 Å². The lowest BCUT2D eigenvalue weighted by atomic mass is 10.0. The van der Waals surface area contributed by atoms with Gasteiger partial charge in [0, 0.05) is 20.2 Å². The Hall–Kier alpha value is -1.92. The Morgan fingerprint density at radius 3 is 2.71 bits per heavy atom. The summed E-state index contributed by atoms with van der Waals surface area (Å²) in [4.78, 5) is 24.6. The van der Waals surface area contributed by atoms with Crippen molar-refractivity contribution in [3.63, 3.8) is 0 Å². The zero-order valence-electron chi connectivity index (χ0n) is 12.5. The Labute approximate surface area is 124 Å². The molecule has 0 aliphatic rings. The molecule has 116 valence electrons. The molecule has 0 radical (unpaired) electrons. The highest BCUT2D eigenvalue weighted by atomic mass is 16.5. The second-order valence-corrected chi connectivity index (χ2v) is 4.79. The molecule has 0 fully saturated rings. The number of benzene rings is 1. The number of carboxylic acids is 1. The summed E-state index contributed by atoms with van der Waals surface area (Å²) >= 11 is 0. The highest BCUT2D eigenvalue weighted by Crippen LogP contribution is 2.09. The monoisotopic (exact) mass is 294 g/mol. The van der Waals surface area contributed by atoms with Gasteiger partial charge in [-0.1, -0.05) is 18.2 Å². The molecular weight excluding hydrogens is 272 g/mol. The number of carbonyl (C=O) groups excluding carboxylic acids is 1. The number of nitrogens with zero attached hydrogens (tertiary/aromatic N) is 1. The molecule has 1 rings (SSSR count). The van der Waals surface area contributed by atoms with Crippen molar-refractivity contribution in [1.29, 1.82) is 0 Å². The molecule has 0 saturated carbocycles. The molecule has 2 N–H and O–H groups in total. The lowest BCUT2D eigenvalue weighted by Crippen LogP contribution is -2.37. The highest BCUT2D eigenvalue weighted by Gasteiger charge is 2.11. The van der Waals surface area contributed by atoms with E-state index in [0.29, 0.717) is 31.7 Å². The summed E-state index contributed by atoms with van der Waals surface area (Å²) in [6, 6.07) is 6.92. The summed E-state index contributed by atoms with van der Waals surface area (Å²) in [6.07, 6.45) is 0.588. The van der Waals surface area contributed by atoms with Crippen molar-refractivity contribution in [1.82, 2.24) is 10.2 Å². The van der Waals surface area contributed by atoms with Crippen LogP contribution in [0, 0.1) is 0 Å². The molecule has 0 atom stereocenters. The zero-order valence-corrected chi connectivity index (χ0v) is 12.5. The van der Waals surface area contributed by atoms with E-state index < -0.39 is 5.97 Å². The zero-order chi connectivity index (χ0) is 15.7. The predicted molar refractivity (Wildman–Crippen MR) is 79.5 cm³/mol. The fraction of sp³-hybridized carbons (Fsp3) is 0.467. The molecule has 0 heterocycles. The number of likely N-dealkylation sites (N-methyl/N-ethyl adjacent to an activating group) is 1. The number of aromatic carboxylic acids is 1. The van der Waals surface area contributed by atoms with Gasteiger partial charge >= 0.3 is 5.97 Å². The van der Waals surface area contributed by atoms with Gasteiger partial charge in [0.05, 0.1) is 18.7 Å². The van der Waals surface area contributed by atoms with Crippen LogP contribution < -0.4 is 5.32 Å². The van der Waals surface area contributed by atoms with Crippen LogP contribution in [-0.4, -0.2) is 62.3 Å². The van der Waals surface area contributed by atoms with Crippen LogP contribution in [0.4, 0.5) is 0 Å². The smallest absolute Gasteiger partial charge is 0.335 e. The van der Waals surface area contributed by atoms with Crippen molar-refractivity contribution in [2.45, 2.75) is 6.42 Å². The Kier molecular flexibility index (Phi) is 7.42. The summed E-state index contributed by atoms with van der Waals surface area (Å²) in [5.41, 5.74) is 1.09. The maximum atomic E-state index is 11.6. The summed E-state index contributed by atoms with van der Waals surface area (Å²) in [7, 11) is 3.41. The fourth-order valence-corrected chi connectivity index (χ4v) is 1.93. The number of rotatable bonds is 9. The minimum Gasteiger partial charge on any atom is -0.478 e. The maximum absolute atomic E-state index is 11.6. The van der Waals surface area contributed by atoms with Gasteiger partial charge in [0.2, 0.25) is 5.91 Å². The molecule has 1 aromatic rings. The molecule has 0 bridgehead atoms. The van der Waals surface area contributed by atoms with E-state index in [-0.39, 0.29) is 12.5 Å². The van der Waals surface area contributed by atoms with Gasteiger partial charge in [0.25, 0.3) is 0 Å². The van der Waals surface area contributed by atoms with E-state index in [4.69, 9.17) is 9.84 Å². The highest BCUT2D eigenvalue weighted by molar-refractivity contribution is 5.89. The van der Waals surface area contributed by atoms with E-state index in [2.05, 4.69) is 5.32 Å². The molecule has 0 saturated heterocycles. The van der Waals surface area contributed by atoms with Gasteiger partial charge in [-0.2, -0.15) is 0 Å². The average Bonchev–Trinajstić information content (AvgIpc) is 2.45. The summed E-state index contributed by atoms with van der Waals surface area (Å²) in [6.45, 7) is 1.87. The van der Waals surface area contributed by atoms with Crippen molar-refractivity contribution in [2.75, 3.05) is 40.4 Å². The third-order valence-electron chi connectivity index (χ3n) is 3.05. The van der Waals surface area contributed by atoms with Crippen molar-refractivity contribution >= 4 is 11.9 Å². The summed E-state index contributed by atoms with van der Waals surface area (Å²) in [5.74, 6) is -0.994. The third-order valence-corrected chi connectivity index (χ3v) is 3.05. The maximum Gasteiger partial charge on any atom is 0.335 e. The first kappa shape index (κ1) is 17.1. The molecular formula is C15H22N2O4. The number of ether oxygens (including phenoxy) is 1. The minimum absolute atomic E-state index is 0.0685. The Bertz CT molecular complexity index is 476. The molecule has 6 nitrogen and oxygen atoms in total. The van der Waals surface area contributed by atoms with Crippen LogP contribution in [-0.2, 0) is 16.0 Å². The molecule has 0 unspecified atom stereocenters. The summed E-state index contributed by atoms with van der Waals surface area (Å²) in [5, 5.41) is 11.8. The summed E-state index contributed by atoms with van der Waals surface area (Å²) < 4.78 is 4.85. The van der Waals surface area contributed by atoms with Crippen LogP contribution >= 0.6 is 0 Å². The molecule has 6 heteroatoms. The number of nitrogens with one attached hydrogen (secondary N) is 1. The van der Waals surface area contributed by atoms with E-state index in [1.165, 1.54) is 0 Å². The number of carboxylic acid groups (broad SMARTS) is 1. The van der Waals surface area contributed by atoms with E-state index in [0.717, 1.165) is 5.56 Å². The predicted octanol–water partition coefficient (Wildman–Crippen LogP) is 0.622. The van der Waals surface area contributed by atoms with Crippen molar-refractivity contribution in [3.8, 4) is 0 Å². The SMILES string of the molecule is COCCNC(=O)CN(C)CCc1ccccc1C(=O)O. The lowest BCUT2D eigenvalue weighted by molar-refractivity contribution is -0.122. The molecule has 0 aliphatic carbocycles. The van der Waals surface area contributed by atoms with Crippen molar-refractivity contribution < 1.29 is 19.4 Å². The largest absolute Gasteiger partial charge is 0.478 e. The standard InChI is InChI=1S/C15H22N2O4/c1-17(11-14(18)16-8-10-21-2)9-7-12-5-3-4-6-13(12)15(19)20/h3-6H,7-11H2,1-2H3,(H,16,18)(H,19,20).